The maximum Gasteiger partial charge on any atom is 0.223 e. The van der Waals surface area contributed by atoms with Crippen LogP contribution in [-0.2, 0) is 11.2 Å². The number of nitrogens with zero attached hydrogens (tertiary/aromatic N) is 1. The van der Waals surface area contributed by atoms with Crippen molar-refractivity contribution < 1.29 is 14.6 Å². The molecule has 2 fully saturated rings. The summed E-state index contributed by atoms with van der Waals surface area (Å²) in [5, 5.41) is 10.3. The van der Waals surface area contributed by atoms with Gasteiger partial charge in [0, 0.05) is 6.42 Å². The molecule has 4 heteroatoms. The fraction of sp³-hybridized carbons (Fsp3) is 0.588. The zero-order chi connectivity index (χ0) is 14.9. The molecule has 1 heterocycles. The molecule has 0 aromatic heterocycles. The number of rotatable bonds is 6. The minimum absolute atomic E-state index is 0.131. The highest BCUT2D eigenvalue weighted by atomic mass is 16.5. The third-order valence-electron chi connectivity index (χ3n) is 4.50. The Balaban J connectivity index is 1.50. The topological polar surface area (TPSA) is 49.8 Å². The SMILES string of the molecule is CCOc1ccccc1CCC(=O)N1CC(O)(C2CC2)C1. The number of carbonyl (C=O) groups is 1. The van der Waals surface area contributed by atoms with Crippen molar-refractivity contribution >= 4 is 5.91 Å². The summed E-state index contributed by atoms with van der Waals surface area (Å²) < 4.78 is 5.58. The van der Waals surface area contributed by atoms with Gasteiger partial charge in [0.2, 0.25) is 5.91 Å². The first-order valence-electron chi connectivity index (χ1n) is 7.83. The summed E-state index contributed by atoms with van der Waals surface area (Å²) >= 11 is 0. The van der Waals surface area contributed by atoms with Crippen LogP contribution in [0.5, 0.6) is 5.75 Å². The number of β-amino-alcohol motifs (C(OH)–C–C–N with tert-alkyl or cyclic N) is 1. The number of hydrogen-bond donors (Lipinski definition) is 1. The van der Waals surface area contributed by atoms with Crippen LogP contribution in [0, 0.1) is 5.92 Å². The van der Waals surface area contributed by atoms with Crippen LogP contribution in [0.1, 0.15) is 31.7 Å². The van der Waals surface area contributed by atoms with Crippen LogP contribution in [0.4, 0.5) is 0 Å². The Morgan fingerprint density at radius 3 is 2.76 bits per heavy atom. The van der Waals surface area contributed by atoms with Crippen molar-refractivity contribution in [3.8, 4) is 5.75 Å². The Morgan fingerprint density at radius 2 is 2.10 bits per heavy atom. The fourth-order valence-electron chi connectivity index (χ4n) is 3.08. The molecule has 21 heavy (non-hydrogen) atoms. The zero-order valence-corrected chi connectivity index (χ0v) is 12.5. The van der Waals surface area contributed by atoms with Gasteiger partial charge in [0.05, 0.1) is 19.7 Å². The number of aliphatic hydroxyl groups is 1. The largest absolute Gasteiger partial charge is 0.494 e. The van der Waals surface area contributed by atoms with Gasteiger partial charge >= 0.3 is 0 Å². The number of hydrogen-bond acceptors (Lipinski definition) is 3. The lowest BCUT2D eigenvalue weighted by Crippen LogP contribution is -2.64. The van der Waals surface area contributed by atoms with Crippen LogP contribution in [0.25, 0.3) is 0 Å². The molecule has 3 rings (SSSR count). The second-order valence-corrected chi connectivity index (χ2v) is 6.17. The molecule has 0 radical (unpaired) electrons. The molecular weight excluding hydrogens is 266 g/mol. The Kier molecular flexibility index (Phi) is 3.89. The quantitative estimate of drug-likeness (QED) is 0.871. The van der Waals surface area contributed by atoms with Crippen LogP contribution in [0.2, 0.25) is 0 Å². The molecule has 1 saturated heterocycles. The summed E-state index contributed by atoms with van der Waals surface area (Å²) in [6, 6.07) is 7.87. The van der Waals surface area contributed by atoms with Gasteiger partial charge in [-0.2, -0.15) is 0 Å². The molecule has 0 bridgehead atoms. The molecule has 0 unspecified atom stereocenters. The second-order valence-electron chi connectivity index (χ2n) is 6.17. The van der Waals surface area contributed by atoms with Crippen molar-refractivity contribution in [1.29, 1.82) is 0 Å². The Bertz CT molecular complexity index is 519. The van der Waals surface area contributed by atoms with Crippen molar-refractivity contribution in [1.82, 2.24) is 4.90 Å². The maximum atomic E-state index is 12.2. The molecule has 1 aromatic rings. The van der Waals surface area contributed by atoms with E-state index < -0.39 is 5.60 Å². The van der Waals surface area contributed by atoms with Crippen LogP contribution in [0.3, 0.4) is 0 Å². The van der Waals surface area contributed by atoms with E-state index in [0.717, 1.165) is 24.2 Å². The number of benzene rings is 1. The molecule has 2 aliphatic rings. The average Bonchev–Trinajstić information content (AvgIpc) is 3.28. The van der Waals surface area contributed by atoms with Gasteiger partial charge in [0.25, 0.3) is 0 Å². The minimum Gasteiger partial charge on any atom is -0.494 e. The van der Waals surface area contributed by atoms with Crippen molar-refractivity contribution in [2.75, 3.05) is 19.7 Å². The Hall–Kier alpha value is -1.55. The van der Waals surface area contributed by atoms with E-state index in [1.165, 1.54) is 0 Å². The van der Waals surface area contributed by atoms with Gasteiger partial charge in [0.1, 0.15) is 11.4 Å². The van der Waals surface area contributed by atoms with Crippen molar-refractivity contribution in [3.63, 3.8) is 0 Å². The van der Waals surface area contributed by atoms with E-state index >= 15 is 0 Å². The predicted molar refractivity (Wildman–Crippen MR) is 80.2 cm³/mol. The van der Waals surface area contributed by atoms with E-state index in [1.54, 1.807) is 4.90 Å². The predicted octanol–water partition coefficient (Wildman–Crippen LogP) is 2.00. The van der Waals surface area contributed by atoms with Gasteiger partial charge in [-0.25, -0.2) is 0 Å². The maximum absolute atomic E-state index is 12.2. The van der Waals surface area contributed by atoms with E-state index in [9.17, 15) is 9.90 Å². The average molecular weight is 289 g/mol. The molecule has 1 aromatic carbocycles. The lowest BCUT2D eigenvalue weighted by atomic mass is 9.88. The van der Waals surface area contributed by atoms with Crippen molar-refractivity contribution in [2.45, 2.75) is 38.2 Å². The van der Waals surface area contributed by atoms with E-state index in [2.05, 4.69) is 0 Å². The molecule has 1 aliphatic heterocycles. The smallest absolute Gasteiger partial charge is 0.223 e. The number of carbonyl (C=O) groups excluding carboxylic acids is 1. The first kappa shape index (κ1) is 14.4. The molecule has 1 N–H and O–H groups in total. The highest BCUT2D eigenvalue weighted by Crippen LogP contribution is 2.44. The summed E-state index contributed by atoms with van der Waals surface area (Å²) in [5.74, 6) is 1.43. The van der Waals surface area contributed by atoms with Crippen LogP contribution in [-0.4, -0.2) is 41.2 Å². The standard InChI is InChI=1S/C17H23NO3/c1-2-21-15-6-4-3-5-13(15)7-10-16(19)18-11-17(20,12-18)14-8-9-14/h3-6,14,20H,2,7-12H2,1H3. The minimum atomic E-state index is -0.584. The van der Waals surface area contributed by atoms with Gasteiger partial charge < -0.3 is 14.7 Å². The lowest BCUT2D eigenvalue weighted by molar-refractivity contribution is -0.159. The number of aryl methyl sites for hydroxylation is 1. The summed E-state index contributed by atoms with van der Waals surface area (Å²) in [6.07, 6.45) is 3.39. The van der Waals surface area contributed by atoms with E-state index in [1.807, 2.05) is 31.2 Å². The number of likely N-dealkylation sites (tertiary alicyclic amines) is 1. The highest BCUT2D eigenvalue weighted by molar-refractivity contribution is 5.77. The van der Waals surface area contributed by atoms with Crippen molar-refractivity contribution in [2.24, 2.45) is 5.92 Å². The molecule has 114 valence electrons. The van der Waals surface area contributed by atoms with Gasteiger partial charge in [0.15, 0.2) is 0 Å². The Morgan fingerprint density at radius 1 is 1.38 bits per heavy atom. The van der Waals surface area contributed by atoms with Crippen LogP contribution >= 0.6 is 0 Å². The molecule has 0 spiro atoms. The molecule has 1 saturated carbocycles. The van der Waals surface area contributed by atoms with E-state index in [0.29, 0.717) is 38.5 Å². The first-order chi connectivity index (χ1) is 10.1. The van der Waals surface area contributed by atoms with Crippen LogP contribution < -0.4 is 4.74 Å². The van der Waals surface area contributed by atoms with E-state index in [4.69, 9.17) is 4.74 Å². The summed E-state index contributed by atoms with van der Waals surface area (Å²) in [5.41, 5.74) is 0.490. The number of para-hydroxylation sites is 1. The number of ether oxygens (including phenoxy) is 1. The fourth-order valence-corrected chi connectivity index (χ4v) is 3.08. The zero-order valence-electron chi connectivity index (χ0n) is 12.5. The van der Waals surface area contributed by atoms with E-state index in [-0.39, 0.29) is 5.91 Å². The second kappa shape index (κ2) is 5.68. The summed E-state index contributed by atoms with van der Waals surface area (Å²) in [6.45, 7) is 3.62. The third kappa shape index (κ3) is 3.05. The molecule has 0 atom stereocenters. The van der Waals surface area contributed by atoms with Crippen LogP contribution in [0.15, 0.2) is 24.3 Å². The van der Waals surface area contributed by atoms with Gasteiger partial charge in [-0.3, -0.25) is 4.79 Å². The molecule has 4 nitrogen and oxygen atoms in total. The lowest BCUT2D eigenvalue weighted by Gasteiger charge is -2.47. The molecule has 1 amide bonds. The molecular formula is C17H23NO3. The van der Waals surface area contributed by atoms with Gasteiger partial charge in [-0.1, -0.05) is 18.2 Å². The van der Waals surface area contributed by atoms with Crippen molar-refractivity contribution in [3.05, 3.63) is 29.8 Å². The summed E-state index contributed by atoms with van der Waals surface area (Å²) in [7, 11) is 0. The summed E-state index contributed by atoms with van der Waals surface area (Å²) in [4.78, 5) is 14.0. The monoisotopic (exact) mass is 289 g/mol. The third-order valence-corrected chi connectivity index (χ3v) is 4.50. The first-order valence-corrected chi connectivity index (χ1v) is 7.83. The Labute approximate surface area is 125 Å². The van der Waals surface area contributed by atoms with Gasteiger partial charge in [-0.05, 0) is 43.7 Å². The highest BCUT2D eigenvalue weighted by Gasteiger charge is 2.52. The number of amides is 1. The van der Waals surface area contributed by atoms with Gasteiger partial charge in [-0.15, -0.1) is 0 Å². The molecule has 1 aliphatic carbocycles. The normalized spacial score (nSPS) is 20.0.